The maximum Gasteiger partial charge on any atom is 0.251 e. The van der Waals surface area contributed by atoms with Crippen molar-refractivity contribution in [2.24, 2.45) is 0 Å². The highest BCUT2D eigenvalue weighted by Gasteiger charge is 2.23. The number of fused-ring (bicyclic) bond motifs is 1. The lowest BCUT2D eigenvalue weighted by Gasteiger charge is -2.06. The number of halogens is 1. The number of rotatable bonds is 5. The molecule has 1 aliphatic rings. The summed E-state index contributed by atoms with van der Waals surface area (Å²) in [6, 6.07) is 12.7. The first-order valence-electron chi connectivity index (χ1n) is 8.63. The molecule has 0 unspecified atom stereocenters. The lowest BCUT2D eigenvalue weighted by Crippen LogP contribution is -2.25. The predicted octanol–water partition coefficient (Wildman–Crippen LogP) is 3.53. The molecule has 2 heterocycles. The van der Waals surface area contributed by atoms with E-state index in [2.05, 4.69) is 15.6 Å². The summed E-state index contributed by atoms with van der Waals surface area (Å²) >= 11 is 6.15. The number of anilines is 1. The topological polar surface area (TPSA) is 75.5 Å². The summed E-state index contributed by atoms with van der Waals surface area (Å²) in [5.74, 6) is -0.446. The summed E-state index contributed by atoms with van der Waals surface area (Å²) in [6.07, 6.45) is 6.88. The van der Waals surface area contributed by atoms with E-state index in [1.807, 2.05) is 24.4 Å². The molecule has 0 bridgehead atoms. The van der Waals surface area contributed by atoms with Crippen LogP contribution < -0.4 is 10.6 Å². The Bertz CT molecular complexity index is 1050. The van der Waals surface area contributed by atoms with Gasteiger partial charge in [0.05, 0.1) is 5.69 Å². The third-order valence-electron chi connectivity index (χ3n) is 4.22. The van der Waals surface area contributed by atoms with E-state index in [1.54, 1.807) is 34.7 Å². The lowest BCUT2D eigenvalue weighted by atomic mass is 10.2. The quantitative estimate of drug-likeness (QED) is 0.665. The van der Waals surface area contributed by atoms with Crippen molar-refractivity contribution in [1.29, 1.82) is 0 Å². The van der Waals surface area contributed by atoms with Crippen molar-refractivity contribution in [2.75, 3.05) is 5.32 Å². The monoisotopic (exact) mass is 380 g/mol. The molecule has 1 fully saturated rings. The molecular weight excluding hydrogens is 364 g/mol. The molecule has 1 aromatic carbocycles. The van der Waals surface area contributed by atoms with E-state index in [0.717, 1.165) is 12.8 Å². The summed E-state index contributed by atoms with van der Waals surface area (Å²) in [7, 11) is 0. The SMILES string of the molecule is O=C(/C=C/c1c(Cl)nc2ccccn12)Nc1cccc(C(=O)NC2CC2)c1. The molecule has 2 N–H and O–H groups in total. The third-order valence-corrected chi connectivity index (χ3v) is 4.50. The van der Waals surface area contributed by atoms with Gasteiger partial charge in [0.1, 0.15) is 5.65 Å². The molecule has 6 nitrogen and oxygen atoms in total. The Kier molecular flexibility index (Phi) is 4.64. The number of aromatic nitrogens is 2. The molecule has 4 rings (SSSR count). The van der Waals surface area contributed by atoms with Gasteiger partial charge in [-0.3, -0.25) is 14.0 Å². The second kappa shape index (κ2) is 7.25. The highest BCUT2D eigenvalue weighted by molar-refractivity contribution is 6.31. The highest BCUT2D eigenvalue weighted by atomic mass is 35.5. The third kappa shape index (κ3) is 4.01. The van der Waals surface area contributed by atoms with E-state index >= 15 is 0 Å². The zero-order chi connectivity index (χ0) is 18.8. The number of nitrogens with one attached hydrogen (secondary N) is 2. The van der Waals surface area contributed by atoms with E-state index in [-0.39, 0.29) is 17.9 Å². The fraction of sp³-hybridized carbons (Fsp3) is 0.150. The number of pyridine rings is 1. The van der Waals surface area contributed by atoms with Crippen molar-refractivity contribution in [3.05, 3.63) is 71.1 Å². The average Bonchev–Trinajstić information content (AvgIpc) is 3.41. The second-order valence-electron chi connectivity index (χ2n) is 6.37. The van der Waals surface area contributed by atoms with Gasteiger partial charge >= 0.3 is 0 Å². The largest absolute Gasteiger partial charge is 0.349 e. The summed E-state index contributed by atoms with van der Waals surface area (Å²) in [4.78, 5) is 28.6. The van der Waals surface area contributed by atoms with Crippen molar-refractivity contribution in [3.63, 3.8) is 0 Å². The zero-order valence-corrected chi connectivity index (χ0v) is 15.1. The first kappa shape index (κ1) is 17.3. The Morgan fingerprint density at radius 3 is 2.85 bits per heavy atom. The summed E-state index contributed by atoms with van der Waals surface area (Å²) in [6.45, 7) is 0. The van der Waals surface area contributed by atoms with Gasteiger partial charge in [-0.25, -0.2) is 4.98 Å². The minimum Gasteiger partial charge on any atom is -0.349 e. The normalized spacial score (nSPS) is 13.8. The number of imidazole rings is 1. The first-order chi connectivity index (χ1) is 13.1. The van der Waals surface area contributed by atoms with Gasteiger partial charge in [0.2, 0.25) is 5.91 Å². The number of amides is 2. The smallest absolute Gasteiger partial charge is 0.251 e. The number of hydrogen-bond donors (Lipinski definition) is 2. The standard InChI is InChI=1S/C20H17ClN4O2/c21-19-16(25-11-2-1-6-17(25)24-19)9-10-18(26)22-15-5-3-4-13(12-15)20(27)23-14-7-8-14/h1-6,9-12,14H,7-8H2,(H,22,26)(H,23,27)/b10-9+. The van der Waals surface area contributed by atoms with Crippen LogP contribution in [0.3, 0.4) is 0 Å². The van der Waals surface area contributed by atoms with Gasteiger partial charge in [0.15, 0.2) is 5.15 Å². The van der Waals surface area contributed by atoms with Crippen molar-refractivity contribution in [3.8, 4) is 0 Å². The summed E-state index contributed by atoms with van der Waals surface area (Å²) in [5.41, 5.74) is 2.41. The van der Waals surface area contributed by atoms with E-state index in [0.29, 0.717) is 27.7 Å². The van der Waals surface area contributed by atoms with Crippen LogP contribution in [-0.4, -0.2) is 27.2 Å². The minimum atomic E-state index is -0.323. The van der Waals surface area contributed by atoms with E-state index < -0.39 is 0 Å². The highest BCUT2D eigenvalue weighted by Crippen LogP contribution is 2.21. The maximum absolute atomic E-state index is 12.3. The van der Waals surface area contributed by atoms with Crippen molar-refractivity contribution >= 4 is 40.8 Å². The van der Waals surface area contributed by atoms with Crippen molar-refractivity contribution in [1.82, 2.24) is 14.7 Å². The molecule has 7 heteroatoms. The van der Waals surface area contributed by atoms with Crippen molar-refractivity contribution < 1.29 is 9.59 Å². The van der Waals surface area contributed by atoms with Gasteiger partial charge in [0.25, 0.3) is 5.91 Å². The molecule has 2 amide bonds. The minimum absolute atomic E-state index is 0.123. The van der Waals surface area contributed by atoms with Gasteiger partial charge < -0.3 is 10.6 Å². The number of carbonyl (C=O) groups excluding carboxylic acids is 2. The molecule has 1 aliphatic carbocycles. The molecule has 0 aliphatic heterocycles. The molecule has 3 aromatic rings. The lowest BCUT2D eigenvalue weighted by molar-refractivity contribution is -0.111. The maximum atomic E-state index is 12.3. The Balaban J connectivity index is 1.46. The zero-order valence-electron chi connectivity index (χ0n) is 14.4. The van der Waals surface area contributed by atoms with Crippen LogP contribution in [0.15, 0.2) is 54.7 Å². The number of hydrogen-bond acceptors (Lipinski definition) is 3. The molecular formula is C20H17ClN4O2. The van der Waals surface area contributed by atoms with Crippen molar-refractivity contribution in [2.45, 2.75) is 18.9 Å². The van der Waals surface area contributed by atoms with Crippen LogP contribution in [0.5, 0.6) is 0 Å². The number of carbonyl (C=O) groups is 2. The number of benzene rings is 1. The van der Waals surface area contributed by atoms with E-state index in [1.165, 1.54) is 6.08 Å². The molecule has 0 saturated heterocycles. The van der Waals surface area contributed by atoms with Gasteiger partial charge in [-0.15, -0.1) is 0 Å². The Labute approximate surface area is 160 Å². The molecule has 1 saturated carbocycles. The van der Waals surface area contributed by atoms with Crippen LogP contribution in [-0.2, 0) is 4.79 Å². The predicted molar refractivity (Wildman–Crippen MR) is 105 cm³/mol. The average molecular weight is 381 g/mol. The molecule has 0 atom stereocenters. The first-order valence-corrected chi connectivity index (χ1v) is 9.00. The molecule has 0 radical (unpaired) electrons. The Morgan fingerprint density at radius 2 is 2.04 bits per heavy atom. The molecule has 2 aromatic heterocycles. The van der Waals surface area contributed by atoms with Crippen LogP contribution in [0.1, 0.15) is 28.9 Å². The Hall–Kier alpha value is -3.12. The summed E-state index contributed by atoms with van der Waals surface area (Å²) in [5, 5.41) is 6.01. The van der Waals surface area contributed by atoms with Gasteiger partial charge in [-0.2, -0.15) is 0 Å². The van der Waals surface area contributed by atoms with Crippen LogP contribution in [0.2, 0.25) is 5.15 Å². The van der Waals surface area contributed by atoms with Gasteiger partial charge in [-0.05, 0) is 49.2 Å². The number of nitrogens with zero attached hydrogens (tertiary/aromatic N) is 2. The van der Waals surface area contributed by atoms with E-state index in [4.69, 9.17) is 11.6 Å². The van der Waals surface area contributed by atoms with Gasteiger partial charge in [-0.1, -0.05) is 23.7 Å². The second-order valence-corrected chi connectivity index (χ2v) is 6.73. The van der Waals surface area contributed by atoms with Crippen LogP contribution in [0.4, 0.5) is 5.69 Å². The van der Waals surface area contributed by atoms with Crippen LogP contribution in [0.25, 0.3) is 11.7 Å². The molecule has 0 spiro atoms. The fourth-order valence-electron chi connectivity index (χ4n) is 2.71. The molecule has 27 heavy (non-hydrogen) atoms. The van der Waals surface area contributed by atoms with E-state index in [9.17, 15) is 9.59 Å². The molecule has 136 valence electrons. The van der Waals surface area contributed by atoms with Gasteiger partial charge in [0, 0.05) is 29.6 Å². The summed E-state index contributed by atoms with van der Waals surface area (Å²) < 4.78 is 1.80. The fourth-order valence-corrected chi connectivity index (χ4v) is 2.95. The van der Waals surface area contributed by atoms with Crippen LogP contribution in [0, 0.1) is 0 Å². The Morgan fingerprint density at radius 1 is 1.19 bits per heavy atom. The van der Waals surface area contributed by atoms with Crippen LogP contribution >= 0.6 is 11.6 Å².